The van der Waals surface area contributed by atoms with Gasteiger partial charge in [0.2, 0.25) is 0 Å². The molecule has 3 aromatic carbocycles. The van der Waals surface area contributed by atoms with Crippen molar-refractivity contribution in [3.05, 3.63) is 77.9 Å². The van der Waals surface area contributed by atoms with Gasteiger partial charge < -0.3 is 14.8 Å². The van der Waals surface area contributed by atoms with Gasteiger partial charge in [-0.1, -0.05) is 12.1 Å². The van der Waals surface area contributed by atoms with Crippen molar-refractivity contribution in [3.8, 4) is 11.5 Å². The zero-order valence-corrected chi connectivity index (χ0v) is 19.0. The van der Waals surface area contributed by atoms with Crippen molar-refractivity contribution >= 4 is 27.3 Å². The maximum atomic E-state index is 12.7. The third-order valence-electron chi connectivity index (χ3n) is 4.50. The quantitative estimate of drug-likeness (QED) is 0.482. The molecule has 0 aliphatic heterocycles. The fourth-order valence-corrected chi connectivity index (χ4v) is 4.09. The van der Waals surface area contributed by atoms with Crippen LogP contribution in [0.25, 0.3) is 0 Å². The molecule has 168 valence electrons. The summed E-state index contributed by atoms with van der Waals surface area (Å²) in [6, 6.07) is 18.0. The van der Waals surface area contributed by atoms with Gasteiger partial charge in [-0.3, -0.25) is 9.52 Å². The molecule has 0 heterocycles. The summed E-state index contributed by atoms with van der Waals surface area (Å²) in [7, 11) is -3.74. The highest BCUT2D eigenvalue weighted by molar-refractivity contribution is 7.92. The van der Waals surface area contributed by atoms with Crippen LogP contribution in [0.4, 0.5) is 11.4 Å². The number of ether oxygens (including phenoxy) is 2. The van der Waals surface area contributed by atoms with Gasteiger partial charge in [0.1, 0.15) is 0 Å². The lowest BCUT2D eigenvalue weighted by atomic mass is 10.2. The Morgan fingerprint density at radius 3 is 2.19 bits per heavy atom. The smallest absolute Gasteiger partial charge is 0.261 e. The van der Waals surface area contributed by atoms with E-state index in [1.54, 1.807) is 48.5 Å². The molecule has 32 heavy (non-hydrogen) atoms. The minimum Gasteiger partial charge on any atom is -0.490 e. The van der Waals surface area contributed by atoms with Crippen molar-refractivity contribution in [2.45, 2.75) is 25.7 Å². The van der Waals surface area contributed by atoms with E-state index < -0.39 is 10.0 Å². The molecule has 3 aromatic rings. The molecule has 0 atom stereocenters. The van der Waals surface area contributed by atoms with Crippen LogP contribution >= 0.6 is 0 Å². The molecule has 0 spiro atoms. The molecule has 0 fully saturated rings. The van der Waals surface area contributed by atoms with Crippen LogP contribution in [0, 0.1) is 6.92 Å². The highest BCUT2D eigenvalue weighted by atomic mass is 32.2. The summed E-state index contributed by atoms with van der Waals surface area (Å²) in [5.74, 6) is 0.717. The van der Waals surface area contributed by atoms with Crippen molar-refractivity contribution in [3.63, 3.8) is 0 Å². The second-order valence-corrected chi connectivity index (χ2v) is 8.66. The number of nitrogens with one attached hydrogen (secondary N) is 2. The Bertz CT molecular complexity index is 1190. The molecule has 3 rings (SSSR count). The fraction of sp³-hybridized carbons (Fsp3) is 0.208. The number of sulfonamides is 1. The second-order valence-electron chi connectivity index (χ2n) is 6.98. The monoisotopic (exact) mass is 454 g/mol. The number of rotatable bonds is 9. The number of aryl methyl sites for hydroxylation is 1. The molecule has 0 aromatic heterocycles. The van der Waals surface area contributed by atoms with Gasteiger partial charge in [0, 0.05) is 16.9 Å². The largest absolute Gasteiger partial charge is 0.490 e. The Hall–Kier alpha value is -3.52. The zero-order valence-electron chi connectivity index (χ0n) is 18.2. The summed E-state index contributed by atoms with van der Waals surface area (Å²) >= 11 is 0. The normalized spacial score (nSPS) is 11.0. The number of hydrogen-bond donors (Lipinski definition) is 2. The average molecular weight is 455 g/mol. The van der Waals surface area contributed by atoms with Gasteiger partial charge in [-0.05, 0) is 80.9 Å². The van der Waals surface area contributed by atoms with E-state index in [1.165, 1.54) is 12.1 Å². The van der Waals surface area contributed by atoms with Gasteiger partial charge in [0.25, 0.3) is 15.9 Å². The summed E-state index contributed by atoms with van der Waals surface area (Å²) in [5.41, 5.74) is 2.30. The van der Waals surface area contributed by atoms with E-state index in [9.17, 15) is 13.2 Å². The first kappa shape index (κ1) is 23.1. The lowest BCUT2D eigenvalue weighted by Crippen LogP contribution is -2.14. The third-order valence-corrected chi connectivity index (χ3v) is 5.90. The van der Waals surface area contributed by atoms with Crippen molar-refractivity contribution in [2.24, 2.45) is 0 Å². The molecule has 1 amide bonds. The maximum Gasteiger partial charge on any atom is 0.261 e. The molecule has 0 saturated heterocycles. The number of amides is 1. The molecule has 7 nitrogen and oxygen atoms in total. The molecule has 0 saturated carbocycles. The lowest BCUT2D eigenvalue weighted by Gasteiger charge is -2.13. The van der Waals surface area contributed by atoms with Crippen LogP contribution in [0.3, 0.4) is 0 Å². The third kappa shape index (κ3) is 5.79. The maximum absolute atomic E-state index is 12.7. The van der Waals surface area contributed by atoms with Gasteiger partial charge in [0.05, 0.1) is 18.1 Å². The summed E-state index contributed by atoms with van der Waals surface area (Å²) in [6.45, 7) is 6.54. The highest BCUT2D eigenvalue weighted by Gasteiger charge is 2.15. The first-order valence-electron chi connectivity index (χ1n) is 10.2. The molecular formula is C24H26N2O5S. The number of carbonyl (C=O) groups is 1. The molecule has 0 radical (unpaired) electrons. The van der Waals surface area contributed by atoms with Crippen LogP contribution in [0.2, 0.25) is 0 Å². The van der Waals surface area contributed by atoms with Crippen molar-refractivity contribution in [2.75, 3.05) is 23.3 Å². The summed E-state index contributed by atoms with van der Waals surface area (Å²) < 4.78 is 38.9. The Labute approximate surface area is 188 Å². The molecule has 2 N–H and O–H groups in total. The van der Waals surface area contributed by atoms with Gasteiger partial charge in [-0.2, -0.15) is 0 Å². The van der Waals surface area contributed by atoms with Crippen LogP contribution in [0.15, 0.2) is 71.6 Å². The van der Waals surface area contributed by atoms with Crippen LogP contribution < -0.4 is 19.5 Å². The van der Waals surface area contributed by atoms with E-state index in [2.05, 4.69) is 10.0 Å². The molecule has 8 heteroatoms. The van der Waals surface area contributed by atoms with E-state index in [-0.39, 0.29) is 10.8 Å². The fourth-order valence-electron chi connectivity index (χ4n) is 3.04. The van der Waals surface area contributed by atoms with Gasteiger partial charge in [0.15, 0.2) is 11.5 Å². The number of anilines is 2. The molecule has 0 aliphatic carbocycles. The first-order valence-corrected chi connectivity index (χ1v) is 11.7. The second kappa shape index (κ2) is 10.2. The van der Waals surface area contributed by atoms with Crippen LogP contribution in [-0.4, -0.2) is 27.5 Å². The predicted octanol–water partition coefficient (Wildman–Crippen LogP) is 4.85. The number of hydrogen-bond acceptors (Lipinski definition) is 5. The molecule has 0 aliphatic rings. The summed E-state index contributed by atoms with van der Waals surface area (Å²) in [4.78, 5) is 12.8. The average Bonchev–Trinajstić information content (AvgIpc) is 2.75. The van der Waals surface area contributed by atoms with Gasteiger partial charge >= 0.3 is 0 Å². The van der Waals surface area contributed by atoms with E-state index in [0.717, 1.165) is 5.56 Å². The minimum atomic E-state index is -3.74. The van der Waals surface area contributed by atoms with Gasteiger partial charge in [-0.25, -0.2) is 8.42 Å². The van der Waals surface area contributed by atoms with Crippen LogP contribution in [0.5, 0.6) is 11.5 Å². The van der Waals surface area contributed by atoms with E-state index in [1.807, 2.05) is 26.8 Å². The molecule has 0 bridgehead atoms. The topological polar surface area (TPSA) is 93.7 Å². The molecular weight excluding hydrogens is 428 g/mol. The Kier molecular flexibility index (Phi) is 7.37. The lowest BCUT2D eigenvalue weighted by molar-refractivity contribution is 0.102. The van der Waals surface area contributed by atoms with E-state index in [0.29, 0.717) is 41.7 Å². The first-order chi connectivity index (χ1) is 15.3. The van der Waals surface area contributed by atoms with Crippen molar-refractivity contribution in [1.82, 2.24) is 0 Å². The predicted molar refractivity (Wildman–Crippen MR) is 125 cm³/mol. The number of carbonyl (C=O) groups excluding carboxylic acids is 1. The summed E-state index contributed by atoms with van der Waals surface area (Å²) in [6.07, 6.45) is 0. The standard InChI is InChI=1S/C24H26N2O5S/c1-4-30-22-14-9-18(16-23(22)31-5-2)24(27)25-19-10-12-21(13-11-19)32(28,29)26-20-8-6-7-17(3)15-20/h6-16,26H,4-5H2,1-3H3,(H,25,27). The number of benzene rings is 3. The molecule has 0 unspecified atom stereocenters. The van der Waals surface area contributed by atoms with Crippen molar-refractivity contribution in [1.29, 1.82) is 0 Å². The Balaban J connectivity index is 1.72. The highest BCUT2D eigenvalue weighted by Crippen LogP contribution is 2.29. The SMILES string of the molecule is CCOc1ccc(C(=O)Nc2ccc(S(=O)(=O)Nc3cccc(C)c3)cc2)cc1OCC. The Morgan fingerprint density at radius 1 is 0.844 bits per heavy atom. The van der Waals surface area contributed by atoms with Crippen LogP contribution in [-0.2, 0) is 10.0 Å². The Morgan fingerprint density at radius 2 is 1.53 bits per heavy atom. The van der Waals surface area contributed by atoms with Crippen molar-refractivity contribution < 1.29 is 22.7 Å². The van der Waals surface area contributed by atoms with Crippen LogP contribution in [0.1, 0.15) is 29.8 Å². The minimum absolute atomic E-state index is 0.0942. The van der Waals surface area contributed by atoms with E-state index >= 15 is 0 Å². The zero-order chi connectivity index (χ0) is 23.1. The van der Waals surface area contributed by atoms with E-state index in [4.69, 9.17) is 9.47 Å². The van der Waals surface area contributed by atoms with Gasteiger partial charge in [-0.15, -0.1) is 0 Å². The summed E-state index contributed by atoms with van der Waals surface area (Å²) in [5, 5.41) is 2.76.